The van der Waals surface area contributed by atoms with Crippen LogP contribution in [0.25, 0.3) is 0 Å². The maximum Gasteiger partial charge on any atom is 0.228 e. The second kappa shape index (κ2) is 5.86. The van der Waals surface area contributed by atoms with Crippen molar-refractivity contribution in [2.24, 2.45) is 5.92 Å². The van der Waals surface area contributed by atoms with Crippen LogP contribution in [-0.4, -0.2) is 47.3 Å². The van der Waals surface area contributed by atoms with Crippen molar-refractivity contribution in [1.29, 1.82) is 0 Å². The number of carbonyl (C=O) groups excluding carboxylic acids is 1. The Kier molecular flexibility index (Phi) is 4.76. The molecular weight excluding hydrogens is 228 g/mol. The lowest BCUT2D eigenvalue weighted by molar-refractivity contribution is -0.135. The molecule has 1 N–H and O–H groups in total. The Morgan fingerprint density at radius 1 is 1.62 bits per heavy atom. The standard InChI is InChI=1S/C10H16N4O.ClH/c1-13(10(15)9-7-11-8-9)5-6-14-4-2-3-12-14;/h2-4,9,11H,5-8H2,1H3;1H. The lowest BCUT2D eigenvalue weighted by Crippen LogP contribution is -2.51. The molecule has 5 nitrogen and oxygen atoms in total. The van der Waals surface area contributed by atoms with Crippen molar-refractivity contribution < 1.29 is 4.79 Å². The Labute approximate surface area is 101 Å². The minimum Gasteiger partial charge on any atom is -0.344 e. The van der Waals surface area contributed by atoms with Crippen molar-refractivity contribution in [2.45, 2.75) is 6.54 Å². The van der Waals surface area contributed by atoms with Crippen molar-refractivity contribution in [3.63, 3.8) is 0 Å². The zero-order valence-electron chi connectivity index (χ0n) is 9.30. The van der Waals surface area contributed by atoms with E-state index in [9.17, 15) is 4.79 Å². The van der Waals surface area contributed by atoms with E-state index < -0.39 is 0 Å². The van der Waals surface area contributed by atoms with E-state index in [-0.39, 0.29) is 24.2 Å². The van der Waals surface area contributed by atoms with Crippen molar-refractivity contribution in [3.8, 4) is 0 Å². The summed E-state index contributed by atoms with van der Waals surface area (Å²) in [6.07, 6.45) is 3.65. The quantitative estimate of drug-likeness (QED) is 0.810. The molecule has 0 bridgehead atoms. The number of halogens is 1. The van der Waals surface area contributed by atoms with E-state index in [2.05, 4.69) is 10.4 Å². The predicted molar refractivity (Wildman–Crippen MR) is 63.5 cm³/mol. The summed E-state index contributed by atoms with van der Waals surface area (Å²) in [5.74, 6) is 0.425. The van der Waals surface area contributed by atoms with E-state index in [0.717, 1.165) is 26.2 Å². The summed E-state index contributed by atoms with van der Waals surface area (Å²) < 4.78 is 1.84. The number of rotatable bonds is 4. The van der Waals surface area contributed by atoms with Gasteiger partial charge in [-0.15, -0.1) is 12.4 Å². The molecule has 1 aromatic heterocycles. The number of hydrogen-bond acceptors (Lipinski definition) is 3. The molecule has 1 aromatic rings. The van der Waals surface area contributed by atoms with Crippen LogP contribution in [0.3, 0.4) is 0 Å². The summed E-state index contributed by atoms with van der Waals surface area (Å²) in [6, 6.07) is 1.89. The summed E-state index contributed by atoms with van der Waals surface area (Å²) in [6.45, 7) is 3.13. The maximum atomic E-state index is 11.7. The molecule has 6 heteroatoms. The molecule has 0 atom stereocenters. The SMILES string of the molecule is CN(CCn1cccn1)C(=O)C1CNC1.Cl. The van der Waals surface area contributed by atoms with Crippen LogP contribution in [0.5, 0.6) is 0 Å². The molecule has 1 amide bonds. The van der Waals surface area contributed by atoms with Gasteiger partial charge in [-0.05, 0) is 6.07 Å². The smallest absolute Gasteiger partial charge is 0.228 e. The number of likely N-dealkylation sites (N-methyl/N-ethyl adjacent to an activating group) is 1. The Balaban J connectivity index is 0.00000128. The Morgan fingerprint density at radius 2 is 2.38 bits per heavy atom. The molecule has 16 heavy (non-hydrogen) atoms. The van der Waals surface area contributed by atoms with E-state index in [1.54, 1.807) is 11.1 Å². The highest BCUT2D eigenvalue weighted by Crippen LogP contribution is 2.06. The van der Waals surface area contributed by atoms with Gasteiger partial charge in [0.05, 0.1) is 12.5 Å². The van der Waals surface area contributed by atoms with Crippen molar-refractivity contribution in [3.05, 3.63) is 18.5 Å². The van der Waals surface area contributed by atoms with Crippen LogP contribution in [0.2, 0.25) is 0 Å². The fourth-order valence-electron chi connectivity index (χ4n) is 1.57. The van der Waals surface area contributed by atoms with Crippen LogP contribution in [0.4, 0.5) is 0 Å². The highest BCUT2D eigenvalue weighted by Gasteiger charge is 2.27. The van der Waals surface area contributed by atoms with E-state index in [0.29, 0.717) is 0 Å². The molecule has 2 heterocycles. The first-order chi connectivity index (χ1) is 7.27. The second-order valence-corrected chi connectivity index (χ2v) is 3.88. The molecule has 0 aliphatic carbocycles. The summed E-state index contributed by atoms with van der Waals surface area (Å²) in [5, 5.41) is 7.19. The van der Waals surface area contributed by atoms with E-state index in [1.165, 1.54) is 0 Å². The predicted octanol–water partition coefficient (Wildman–Crippen LogP) is -0.0173. The van der Waals surface area contributed by atoms with Crippen LogP contribution in [0.1, 0.15) is 0 Å². The molecule has 1 fully saturated rings. The largest absolute Gasteiger partial charge is 0.344 e. The average Bonchev–Trinajstić information content (AvgIpc) is 2.63. The summed E-state index contributed by atoms with van der Waals surface area (Å²) in [4.78, 5) is 13.5. The molecule has 0 saturated carbocycles. The third-order valence-corrected chi connectivity index (χ3v) is 2.73. The van der Waals surface area contributed by atoms with E-state index in [1.807, 2.05) is 24.0 Å². The highest BCUT2D eigenvalue weighted by atomic mass is 35.5. The molecular formula is C10H17ClN4O. The fraction of sp³-hybridized carbons (Fsp3) is 0.600. The Morgan fingerprint density at radius 3 is 2.88 bits per heavy atom. The number of amides is 1. The first-order valence-electron chi connectivity index (χ1n) is 5.20. The van der Waals surface area contributed by atoms with Gasteiger partial charge < -0.3 is 10.2 Å². The van der Waals surface area contributed by atoms with Crippen LogP contribution in [-0.2, 0) is 11.3 Å². The summed E-state index contributed by atoms with van der Waals surface area (Å²) in [5.41, 5.74) is 0. The van der Waals surface area contributed by atoms with Crippen LogP contribution in [0, 0.1) is 5.92 Å². The van der Waals surface area contributed by atoms with Crippen LogP contribution < -0.4 is 5.32 Å². The van der Waals surface area contributed by atoms with Gasteiger partial charge in [0.2, 0.25) is 5.91 Å². The Bertz CT molecular complexity index is 324. The van der Waals surface area contributed by atoms with Gasteiger partial charge in [-0.2, -0.15) is 5.10 Å². The van der Waals surface area contributed by atoms with Gasteiger partial charge in [0.1, 0.15) is 0 Å². The van der Waals surface area contributed by atoms with Crippen molar-refractivity contribution in [2.75, 3.05) is 26.7 Å². The minimum atomic E-state index is 0. The van der Waals surface area contributed by atoms with Gasteiger partial charge in [-0.1, -0.05) is 0 Å². The molecule has 1 aliphatic heterocycles. The van der Waals surface area contributed by atoms with Gasteiger partial charge >= 0.3 is 0 Å². The van der Waals surface area contributed by atoms with Gasteiger partial charge in [-0.3, -0.25) is 9.48 Å². The monoisotopic (exact) mass is 244 g/mol. The van der Waals surface area contributed by atoms with Gasteiger partial charge in [-0.25, -0.2) is 0 Å². The zero-order valence-corrected chi connectivity index (χ0v) is 10.1. The van der Waals surface area contributed by atoms with Crippen molar-refractivity contribution in [1.82, 2.24) is 20.0 Å². The Hall–Kier alpha value is -1.07. The second-order valence-electron chi connectivity index (χ2n) is 3.88. The van der Waals surface area contributed by atoms with Gasteiger partial charge in [0.25, 0.3) is 0 Å². The van der Waals surface area contributed by atoms with Crippen LogP contribution >= 0.6 is 12.4 Å². The minimum absolute atomic E-state index is 0. The molecule has 1 saturated heterocycles. The molecule has 1 aliphatic rings. The lowest BCUT2D eigenvalue weighted by atomic mass is 10.0. The molecule has 90 valence electrons. The summed E-state index contributed by atoms with van der Waals surface area (Å²) >= 11 is 0. The average molecular weight is 245 g/mol. The van der Waals surface area contributed by atoms with Crippen LogP contribution in [0.15, 0.2) is 18.5 Å². The maximum absolute atomic E-state index is 11.7. The van der Waals surface area contributed by atoms with E-state index in [4.69, 9.17) is 0 Å². The molecule has 0 unspecified atom stereocenters. The van der Waals surface area contributed by atoms with Gasteiger partial charge in [0.15, 0.2) is 0 Å². The number of aromatic nitrogens is 2. The highest BCUT2D eigenvalue weighted by molar-refractivity contribution is 5.85. The van der Waals surface area contributed by atoms with Gasteiger partial charge in [0, 0.05) is 39.1 Å². The normalized spacial score (nSPS) is 15.1. The number of hydrogen-bond donors (Lipinski definition) is 1. The fourth-order valence-corrected chi connectivity index (χ4v) is 1.57. The topological polar surface area (TPSA) is 50.2 Å². The lowest BCUT2D eigenvalue weighted by Gasteiger charge is -2.30. The number of nitrogens with one attached hydrogen (secondary N) is 1. The molecule has 0 aromatic carbocycles. The molecule has 2 rings (SSSR count). The van der Waals surface area contributed by atoms with Crippen molar-refractivity contribution >= 4 is 18.3 Å². The zero-order chi connectivity index (χ0) is 10.7. The summed E-state index contributed by atoms with van der Waals surface area (Å²) in [7, 11) is 1.85. The first kappa shape index (κ1) is 13.0. The first-order valence-corrected chi connectivity index (χ1v) is 5.20. The third kappa shape index (κ3) is 2.96. The molecule has 0 spiro atoms. The number of nitrogens with zero attached hydrogens (tertiary/aromatic N) is 3. The third-order valence-electron chi connectivity index (χ3n) is 2.73. The number of carbonyl (C=O) groups is 1. The molecule has 0 radical (unpaired) electrons. The van der Waals surface area contributed by atoms with E-state index >= 15 is 0 Å².